The number of aryl methyl sites for hydroxylation is 2. The average Bonchev–Trinajstić information content (AvgIpc) is 2.33. The molecule has 1 unspecified atom stereocenters. The molecular weight excluding hydrogens is 306 g/mol. The third kappa shape index (κ3) is 5.23. The summed E-state index contributed by atoms with van der Waals surface area (Å²) in [5.41, 5.74) is 3.57. The Morgan fingerprint density at radius 3 is 2.68 bits per heavy atom. The van der Waals surface area contributed by atoms with E-state index in [1.807, 2.05) is 13.0 Å². The molecule has 0 saturated heterocycles. The lowest BCUT2D eigenvalue weighted by molar-refractivity contribution is -0.121. The van der Waals surface area contributed by atoms with Crippen molar-refractivity contribution in [2.75, 3.05) is 11.9 Å². The third-order valence-corrected chi connectivity index (χ3v) is 3.40. The van der Waals surface area contributed by atoms with Gasteiger partial charge in [-0.1, -0.05) is 22.0 Å². The number of hydrogen-bond donors (Lipinski definition) is 1. The number of carbonyl (C=O) groups excluding carboxylic acids is 1. The lowest BCUT2D eigenvalue weighted by Gasteiger charge is -2.18. The Morgan fingerprint density at radius 1 is 1.37 bits per heavy atom. The van der Waals surface area contributed by atoms with Crippen LogP contribution in [0.2, 0.25) is 0 Å². The zero-order chi connectivity index (χ0) is 14.4. The Morgan fingerprint density at radius 2 is 2.05 bits per heavy atom. The summed E-state index contributed by atoms with van der Waals surface area (Å²) in [5, 5.41) is 3.54. The van der Waals surface area contributed by atoms with Crippen LogP contribution in [0.5, 0.6) is 5.75 Å². The number of alkyl halides is 1. The largest absolute Gasteiger partial charge is 0.489 e. The molecular formula is C15H22BrNO2. The second-order valence-electron chi connectivity index (χ2n) is 4.88. The molecule has 0 aliphatic carbocycles. The first-order valence-electron chi connectivity index (χ1n) is 6.51. The predicted octanol–water partition coefficient (Wildman–Crippen LogP) is 3.28. The van der Waals surface area contributed by atoms with E-state index < -0.39 is 0 Å². The van der Waals surface area contributed by atoms with Crippen LogP contribution >= 0.6 is 15.9 Å². The van der Waals surface area contributed by atoms with E-state index in [2.05, 4.69) is 48.1 Å². The summed E-state index contributed by atoms with van der Waals surface area (Å²) in [6, 6.07) is 4.18. The van der Waals surface area contributed by atoms with Crippen LogP contribution in [0.4, 0.5) is 0 Å². The van der Waals surface area contributed by atoms with Crippen molar-refractivity contribution in [1.29, 1.82) is 0 Å². The molecule has 3 nitrogen and oxygen atoms in total. The normalized spacial score (nSPS) is 12.1. The van der Waals surface area contributed by atoms with Crippen molar-refractivity contribution in [2.45, 2.75) is 40.2 Å². The van der Waals surface area contributed by atoms with Crippen LogP contribution in [-0.2, 0) is 4.79 Å². The highest BCUT2D eigenvalue weighted by Gasteiger charge is 2.10. The minimum atomic E-state index is -0.0424. The summed E-state index contributed by atoms with van der Waals surface area (Å²) in [6.45, 7) is 8.68. The molecule has 0 heterocycles. The van der Waals surface area contributed by atoms with Gasteiger partial charge in [0.15, 0.2) is 0 Å². The maximum atomic E-state index is 11.4. The highest BCUT2D eigenvalue weighted by Crippen LogP contribution is 2.24. The van der Waals surface area contributed by atoms with Gasteiger partial charge in [-0.15, -0.1) is 0 Å². The van der Waals surface area contributed by atoms with Gasteiger partial charge in [-0.25, -0.2) is 0 Å². The molecule has 4 heteroatoms. The van der Waals surface area contributed by atoms with E-state index in [0.717, 1.165) is 11.3 Å². The fraction of sp³-hybridized carbons (Fsp3) is 0.533. The third-order valence-electron chi connectivity index (χ3n) is 3.00. The number of benzene rings is 1. The van der Waals surface area contributed by atoms with Gasteiger partial charge in [0.1, 0.15) is 11.9 Å². The summed E-state index contributed by atoms with van der Waals surface area (Å²) in [7, 11) is 0. The van der Waals surface area contributed by atoms with Gasteiger partial charge < -0.3 is 10.1 Å². The highest BCUT2D eigenvalue weighted by molar-refractivity contribution is 9.09. The van der Waals surface area contributed by atoms with E-state index in [9.17, 15) is 4.79 Å². The van der Waals surface area contributed by atoms with E-state index in [4.69, 9.17) is 4.74 Å². The summed E-state index contributed by atoms with van der Waals surface area (Å²) in [5.74, 6) is 0.948. The number of nitrogens with one attached hydrogen (secondary N) is 1. The Labute approximate surface area is 123 Å². The van der Waals surface area contributed by atoms with Gasteiger partial charge >= 0.3 is 0 Å². The van der Waals surface area contributed by atoms with Crippen LogP contribution < -0.4 is 10.1 Å². The number of carbonyl (C=O) groups is 1. The second kappa shape index (κ2) is 7.53. The quantitative estimate of drug-likeness (QED) is 0.814. The van der Waals surface area contributed by atoms with Crippen molar-refractivity contribution in [3.05, 3.63) is 28.8 Å². The molecule has 0 aliphatic rings. The Hall–Kier alpha value is -1.03. The summed E-state index contributed by atoms with van der Waals surface area (Å²) < 4.78 is 5.91. The van der Waals surface area contributed by atoms with E-state index >= 15 is 0 Å². The van der Waals surface area contributed by atoms with Crippen LogP contribution in [-0.4, -0.2) is 23.9 Å². The highest BCUT2D eigenvalue weighted by atomic mass is 79.9. The Kier molecular flexibility index (Phi) is 6.35. The summed E-state index contributed by atoms with van der Waals surface area (Å²) in [6.07, 6.45) is 0.453. The van der Waals surface area contributed by atoms with Crippen LogP contribution in [0, 0.1) is 20.8 Å². The Balaban J connectivity index is 2.57. The van der Waals surface area contributed by atoms with Gasteiger partial charge in [0.05, 0.1) is 6.54 Å². The van der Waals surface area contributed by atoms with Crippen molar-refractivity contribution in [3.63, 3.8) is 0 Å². The first-order valence-corrected chi connectivity index (χ1v) is 7.63. The lowest BCUT2D eigenvalue weighted by Crippen LogP contribution is -2.33. The minimum Gasteiger partial charge on any atom is -0.489 e. The SMILES string of the molecule is Cc1cc(C)c(C)c(OC(C)CNC(=O)CCBr)c1. The van der Waals surface area contributed by atoms with Crippen molar-refractivity contribution < 1.29 is 9.53 Å². The molecule has 1 rings (SSSR count). The standard InChI is InChI=1S/C15H22BrNO2/c1-10-7-11(2)13(4)14(8-10)19-12(3)9-17-15(18)5-6-16/h7-8,12H,5-6,9H2,1-4H3,(H,17,18). The summed E-state index contributed by atoms with van der Waals surface area (Å²) >= 11 is 3.24. The average molecular weight is 328 g/mol. The molecule has 0 aliphatic heterocycles. The maximum Gasteiger partial charge on any atom is 0.220 e. The van der Waals surface area contributed by atoms with Crippen LogP contribution in [0.15, 0.2) is 12.1 Å². The van der Waals surface area contributed by atoms with E-state index in [1.165, 1.54) is 11.1 Å². The van der Waals surface area contributed by atoms with E-state index in [1.54, 1.807) is 0 Å². The fourth-order valence-electron chi connectivity index (χ4n) is 1.81. The molecule has 0 aromatic heterocycles. The van der Waals surface area contributed by atoms with Crippen molar-refractivity contribution in [1.82, 2.24) is 5.32 Å². The molecule has 0 radical (unpaired) electrons. The maximum absolute atomic E-state index is 11.4. The van der Waals surface area contributed by atoms with Crippen LogP contribution in [0.25, 0.3) is 0 Å². The lowest BCUT2D eigenvalue weighted by atomic mass is 10.1. The van der Waals surface area contributed by atoms with Gasteiger partial charge in [0.2, 0.25) is 5.91 Å². The van der Waals surface area contributed by atoms with Crippen molar-refractivity contribution >= 4 is 21.8 Å². The number of ether oxygens (including phenoxy) is 1. The zero-order valence-electron chi connectivity index (χ0n) is 12.0. The smallest absolute Gasteiger partial charge is 0.220 e. The molecule has 1 N–H and O–H groups in total. The molecule has 0 saturated carbocycles. The summed E-state index contributed by atoms with van der Waals surface area (Å²) in [4.78, 5) is 11.4. The molecule has 1 aromatic rings. The molecule has 0 spiro atoms. The molecule has 1 atom stereocenters. The topological polar surface area (TPSA) is 38.3 Å². The van der Waals surface area contributed by atoms with E-state index in [-0.39, 0.29) is 12.0 Å². The molecule has 0 fully saturated rings. The molecule has 0 bridgehead atoms. The van der Waals surface area contributed by atoms with E-state index in [0.29, 0.717) is 18.3 Å². The van der Waals surface area contributed by atoms with Crippen LogP contribution in [0.1, 0.15) is 30.0 Å². The van der Waals surface area contributed by atoms with Crippen LogP contribution in [0.3, 0.4) is 0 Å². The molecule has 106 valence electrons. The number of halogens is 1. The Bertz CT molecular complexity index is 446. The molecule has 19 heavy (non-hydrogen) atoms. The first-order chi connectivity index (χ1) is 8.93. The number of rotatable bonds is 6. The minimum absolute atomic E-state index is 0.0424. The van der Waals surface area contributed by atoms with Gasteiger partial charge in [0, 0.05) is 11.8 Å². The monoisotopic (exact) mass is 327 g/mol. The molecule has 1 amide bonds. The van der Waals surface area contributed by atoms with Gasteiger partial charge in [-0.05, 0) is 50.5 Å². The molecule has 1 aromatic carbocycles. The predicted molar refractivity (Wildman–Crippen MR) is 82.2 cm³/mol. The van der Waals surface area contributed by atoms with Gasteiger partial charge in [0.25, 0.3) is 0 Å². The number of amides is 1. The second-order valence-corrected chi connectivity index (χ2v) is 5.67. The van der Waals surface area contributed by atoms with Gasteiger partial charge in [-0.2, -0.15) is 0 Å². The van der Waals surface area contributed by atoms with Crippen molar-refractivity contribution in [3.8, 4) is 5.75 Å². The van der Waals surface area contributed by atoms with Crippen molar-refractivity contribution in [2.24, 2.45) is 0 Å². The first kappa shape index (κ1) is 16.0. The number of hydrogen-bond acceptors (Lipinski definition) is 2. The van der Waals surface area contributed by atoms with Gasteiger partial charge in [-0.3, -0.25) is 4.79 Å². The zero-order valence-corrected chi connectivity index (χ0v) is 13.6. The fourth-order valence-corrected chi connectivity index (χ4v) is 2.17.